The summed E-state index contributed by atoms with van der Waals surface area (Å²) in [5.41, 5.74) is 2.12. The Hall–Kier alpha value is -1.09. The van der Waals surface area contributed by atoms with E-state index in [9.17, 15) is 4.79 Å². The second-order valence-corrected chi connectivity index (χ2v) is 5.66. The Bertz CT molecular complexity index is 326. The number of carbonyl (C=O) groups excluding carboxylic acids is 1. The van der Waals surface area contributed by atoms with Crippen LogP contribution in [0.1, 0.15) is 40.0 Å². The Balaban J connectivity index is 4.35. The van der Waals surface area contributed by atoms with Crippen LogP contribution in [0, 0.1) is 5.92 Å². The first-order valence-electron chi connectivity index (χ1n) is 6.92. The van der Waals surface area contributed by atoms with E-state index in [1.54, 1.807) is 0 Å². The van der Waals surface area contributed by atoms with Crippen LogP contribution in [0.3, 0.4) is 0 Å². The van der Waals surface area contributed by atoms with E-state index >= 15 is 0 Å². The number of carbonyl (C=O) groups is 1. The van der Waals surface area contributed by atoms with E-state index in [0.29, 0.717) is 12.5 Å². The molecule has 0 saturated carbocycles. The molecule has 110 valence electrons. The summed E-state index contributed by atoms with van der Waals surface area (Å²) >= 11 is 0. The predicted octanol–water partition coefficient (Wildman–Crippen LogP) is 3.42. The summed E-state index contributed by atoms with van der Waals surface area (Å²) in [7, 11) is 5.34. The summed E-state index contributed by atoms with van der Waals surface area (Å²) < 4.78 is 4.81. The molecule has 0 aliphatic carbocycles. The molecule has 1 unspecified atom stereocenters. The average Bonchev–Trinajstić information content (AvgIpc) is 2.32. The van der Waals surface area contributed by atoms with Gasteiger partial charge in [-0.2, -0.15) is 0 Å². The molecule has 0 saturated heterocycles. The third-order valence-corrected chi connectivity index (χ3v) is 2.91. The zero-order chi connectivity index (χ0) is 14.8. The lowest BCUT2D eigenvalue weighted by molar-refractivity contribution is -0.136. The van der Waals surface area contributed by atoms with Crippen LogP contribution in [0.5, 0.6) is 0 Å². The molecule has 0 fully saturated rings. The molecule has 19 heavy (non-hydrogen) atoms. The van der Waals surface area contributed by atoms with E-state index < -0.39 is 0 Å². The third-order valence-electron chi connectivity index (χ3n) is 2.91. The van der Waals surface area contributed by atoms with Crippen LogP contribution >= 0.6 is 0 Å². The Kier molecular flexibility index (Phi) is 9.23. The van der Waals surface area contributed by atoms with Gasteiger partial charge in [-0.05, 0) is 53.1 Å². The van der Waals surface area contributed by atoms with Gasteiger partial charge in [-0.15, -0.1) is 0 Å². The Morgan fingerprint density at radius 3 is 2.37 bits per heavy atom. The van der Waals surface area contributed by atoms with Crippen LogP contribution < -0.4 is 0 Å². The molecule has 0 rings (SSSR count). The average molecular weight is 267 g/mol. The van der Waals surface area contributed by atoms with Crippen molar-refractivity contribution in [3.05, 3.63) is 23.3 Å². The lowest BCUT2D eigenvalue weighted by Gasteiger charge is -2.13. The van der Waals surface area contributed by atoms with Crippen molar-refractivity contribution in [2.45, 2.75) is 40.0 Å². The number of ether oxygens (including phenoxy) is 1. The highest BCUT2D eigenvalue weighted by molar-refractivity contribution is 5.88. The van der Waals surface area contributed by atoms with Crippen LogP contribution in [0.4, 0.5) is 0 Å². The highest BCUT2D eigenvalue weighted by atomic mass is 16.5. The largest absolute Gasteiger partial charge is 0.466 e. The van der Waals surface area contributed by atoms with Gasteiger partial charge >= 0.3 is 5.97 Å². The van der Waals surface area contributed by atoms with Crippen molar-refractivity contribution >= 4 is 5.97 Å². The van der Waals surface area contributed by atoms with Gasteiger partial charge < -0.3 is 9.64 Å². The molecule has 0 aromatic carbocycles. The number of hydrogen-bond acceptors (Lipinski definition) is 3. The fourth-order valence-electron chi connectivity index (χ4n) is 1.80. The molecule has 1 atom stereocenters. The molecule has 3 nitrogen and oxygen atoms in total. The van der Waals surface area contributed by atoms with Crippen LogP contribution in [0.15, 0.2) is 23.3 Å². The smallest absolute Gasteiger partial charge is 0.334 e. The lowest BCUT2D eigenvalue weighted by Crippen LogP contribution is -2.21. The second kappa shape index (κ2) is 9.79. The van der Waals surface area contributed by atoms with Crippen LogP contribution in [-0.4, -0.2) is 38.6 Å². The van der Waals surface area contributed by atoms with Crippen molar-refractivity contribution in [1.82, 2.24) is 4.90 Å². The lowest BCUT2D eigenvalue weighted by atomic mass is 9.99. The van der Waals surface area contributed by atoms with E-state index in [-0.39, 0.29) is 5.97 Å². The molecule has 0 spiro atoms. The summed E-state index contributed by atoms with van der Waals surface area (Å²) in [5.74, 6) is 0.364. The van der Waals surface area contributed by atoms with Gasteiger partial charge in [0.25, 0.3) is 0 Å². The number of hydrogen-bond donors (Lipinski definition) is 0. The first-order valence-corrected chi connectivity index (χ1v) is 6.92. The van der Waals surface area contributed by atoms with Gasteiger partial charge in [-0.1, -0.05) is 24.6 Å². The van der Waals surface area contributed by atoms with Crippen molar-refractivity contribution < 1.29 is 9.53 Å². The number of allylic oxidation sites excluding steroid dienone is 3. The van der Waals surface area contributed by atoms with Crippen molar-refractivity contribution in [2.75, 3.05) is 27.7 Å². The van der Waals surface area contributed by atoms with Gasteiger partial charge in [0, 0.05) is 12.1 Å². The molecule has 0 aromatic rings. The Morgan fingerprint density at radius 1 is 1.26 bits per heavy atom. The van der Waals surface area contributed by atoms with Crippen LogP contribution in [0.25, 0.3) is 0 Å². The molecule has 0 bridgehead atoms. The maximum Gasteiger partial charge on any atom is 0.334 e. The quantitative estimate of drug-likeness (QED) is 0.383. The summed E-state index contributed by atoms with van der Waals surface area (Å²) in [5, 5.41) is 0. The van der Waals surface area contributed by atoms with Gasteiger partial charge in [-0.3, -0.25) is 0 Å². The van der Waals surface area contributed by atoms with Crippen LogP contribution in [-0.2, 0) is 9.53 Å². The molecule has 0 aliphatic heterocycles. The maximum atomic E-state index is 11.6. The van der Waals surface area contributed by atoms with Gasteiger partial charge in [0.05, 0.1) is 7.11 Å². The molecule has 3 heteroatoms. The van der Waals surface area contributed by atoms with Crippen molar-refractivity contribution in [3.63, 3.8) is 0 Å². The van der Waals surface area contributed by atoms with E-state index in [0.717, 1.165) is 24.8 Å². The SMILES string of the molecule is COC(=O)C(=CCC(C)CCC=C(C)C)CN(C)C. The minimum atomic E-state index is -0.217. The van der Waals surface area contributed by atoms with Gasteiger partial charge in [0.2, 0.25) is 0 Å². The summed E-state index contributed by atoms with van der Waals surface area (Å²) in [6.45, 7) is 7.10. The van der Waals surface area contributed by atoms with Gasteiger partial charge in [-0.25, -0.2) is 4.79 Å². The minimum absolute atomic E-state index is 0.217. The summed E-state index contributed by atoms with van der Waals surface area (Å²) in [6.07, 6.45) is 7.48. The first-order chi connectivity index (χ1) is 8.86. The fourth-order valence-corrected chi connectivity index (χ4v) is 1.80. The number of likely N-dealkylation sites (N-methyl/N-ethyl adjacent to an activating group) is 1. The summed E-state index contributed by atoms with van der Waals surface area (Å²) in [6, 6.07) is 0. The normalized spacial score (nSPS) is 13.3. The first kappa shape index (κ1) is 17.9. The predicted molar refractivity (Wildman–Crippen MR) is 81.1 cm³/mol. The Labute approximate surface area is 118 Å². The monoisotopic (exact) mass is 267 g/mol. The molecule has 0 aromatic heterocycles. The highest BCUT2D eigenvalue weighted by Crippen LogP contribution is 2.14. The van der Waals surface area contributed by atoms with Gasteiger partial charge in [0.15, 0.2) is 0 Å². The molecule has 0 N–H and O–H groups in total. The van der Waals surface area contributed by atoms with Crippen molar-refractivity contribution in [1.29, 1.82) is 0 Å². The van der Waals surface area contributed by atoms with E-state index in [4.69, 9.17) is 4.74 Å². The highest BCUT2D eigenvalue weighted by Gasteiger charge is 2.11. The number of methoxy groups -OCH3 is 1. The molecule has 0 amide bonds. The molecule has 0 radical (unpaired) electrons. The number of rotatable bonds is 8. The fraction of sp³-hybridized carbons (Fsp3) is 0.688. The molecular weight excluding hydrogens is 238 g/mol. The third kappa shape index (κ3) is 9.48. The van der Waals surface area contributed by atoms with Gasteiger partial charge in [0.1, 0.15) is 0 Å². The minimum Gasteiger partial charge on any atom is -0.466 e. The molecule has 0 aliphatic rings. The zero-order valence-corrected chi connectivity index (χ0v) is 13.3. The Morgan fingerprint density at radius 2 is 1.89 bits per heavy atom. The molecule has 0 heterocycles. The number of nitrogens with zero attached hydrogens (tertiary/aromatic N) is 1. The number of esters is 1. The van der Waals surface area contributed by atoms with E-state index in [1.807, 2.05) is 25.1 Å². The van der Waals surface area contributed by atoms with E-state index in [2.05, 4.69) is 26.8 Å². The molecular formula is C16H29NO2. The second-order valence-electron chi connectivity index (χ2n) is 5.66. The van der Waals surface area contributed by atoms with Crippen molar-refractivity contribution in [2.24, 2.45) is 5.92 Å². The zero-order valence-electron chi connectivity index (χ0n) is 13.3. The van der Waals surface area contributed by atoms with Crippen molar-refractivity contribution in [3.8, 4) is 0 Å². The summed E-state index contributed by atoms with van der Waals surface area (Å²) in [4.78, 5) is 13.6. The maximum absolute atomic E-state index is 11.6. The van der Waals surface area contributed by atoms with Crippen LogP contribution in [0.2, 0.25) is 0 Å². The topological polar surface area (TPSA) is 29.5 Å². The standard InChI is InChI=1S/C16H29NO2/c1-13(2)8-7-9-14(3)10-11-15(12-17(4)5)16(18)19-6/h8,11,14H,7,9-10,12H2,1-6H3. The van der Waals surface area contributed by atoms with E-state index in [1.165, 1.54) is 12.7 Å².